The van der Waals surface area contributed by atoms with E-state index in [4.69, 9.17) is 4.42 Å². The fraction of sp³-hybridized carbons (Fsp3) is 0.467. The first kappa shape index (κ1) is 19.3. The first-order valence-corrected chi connectivity index (χ1v) is 8.40. The van der Waals surface area contributed by atoms with Crippen LogP contribution in [0.4, 0.5) is 13.2 Å². The van der Waals surface area contributed by atoms with Crippen LogP contribution in [0.1, 0.15) is 30.3 Å². The highest BCUT2D eigenvalue weighted by atomic mass is 32.1. The molecule has 10 heteroatoms. The van der Waals surface area contributed by atoms with Crippen molar-refractivity contribution in [3.63, 3.8) is 0 Å². The molecule has 6 nitrogen and oxygen atoms in total. The third-order valence-electron chi connectivity index (χ3n) is 3.21. The van der Waals surface area contributed by atoms with E-state index in [-0.39, 0.29) is 18.1 Å². The Morgan fingerprint density at radius 2 is 2.16 bits per heavy atom. The van der Waals surface area contributed by atoms with Gasteiger partial charge in [-0.1, -0.05) is 0 Å². The molecule has 1 atom stereocenters. The number of rotatable bonds is 6. The van der Waals surface area contributed by atoms with Crippen LogP contribution >= 0.6 is 11.3 Å². The van der Waals surface area contributed by atoms with E-state index in [0.717, 1.165) is 16.7 Å². The summed E-state index contributed by atoms with van der Waals surface area (Å²) in [4.78, 5) is 7.73. The largest absolute Gasteiger partial charge is 0.466 e. The van der Waals surface area contributed by atoms with Gasteiger partial charge >= 0.3 is 6.18 Å². The summed E-state index contributed by atoms with van der Waals surface area (Å²) in [6.45, 7) is 4.10. The number of aliphatic imine (C=N–C) groups is 1. The van der Waals surface area contributed by atoms with E-state index in [1.165, 1.54) is 6.26 Å². The highest BCUT2D eigenvalue weighted by molar-refractivity contribution is 7.09. The summed E-state index contributed by atoms with van der Waals surface area (Å²) in [7, 11) is 0. The van der Waals surface area contributed by atoms with E-state index >= 15 is 0 Å². The summed E-state index contributed by atoms with van der Waals surface area (Å²) in [5.74, 6) is 0.753. The van der Waals surface area contributed by atoms with Crippen molar-refractivity contribution >= 4 is 17.3 Å². The molecule has 2 heterocycles. The zero-order valence-electron chi connectivity index (χ0n) is 13.7. The number of nitrogens with one attached hydrogen (secondary N) is 2. The fourth-order valence-corrected chi connectivity index (χ4v) is 2.65. The Kier molecular flexibility index (Phi) is 6.07. The predicted octanol–water partition coefficient (Wildman–Crippen LogP) is 2.72. The average molecular weight is 376 g/mol. The lowest BCUT2D eigenvalue weighted by Gasteiger charge is -2.22. The Bertz CT molecular complexity index is 696. The van der Waals surface area contributed by atoms with Crippen LogP contribution in [0.3, 0.4) is 0 Å². The Balaban J connectivity index is 2.00. The average Bonchev–Trinajstić information content (AvgIpc) is 3.20. The fourth-order valence-electron chi connectivity index (χ4n) is 1.93. The molecule has 2 aromatic heterocycles. The van der Waals surface area contributed by atoms with Crippen molar-refractivity contribution in [1.29, 1.82) is 0 Å². The van der Waals surface area contributed by atoms with Gasteiger partial charge < -0.3 is 20.2 Å². The molecule has 0 spiro atoms. The molecule has 0 aliphatic carbocycles. The quantitative estimate of drug-likeness (QED) is 0.533. The van der Waals surface area contributed by atoms with Gasteiger partial charge in [0.05, 0.1) is 19.4 Å². The van der Waals surface area contributed by atoms with Crippen LogP contribution in [0.25, 0.3) is 0 Å². The number of furan rings is 1. The molecular weight excluding hydrogens is 357 g/mol. The van der Waals surface area contributed by atoms with Crippen LogP contribution in [-0.4, -0.2) is 29.1 Å². The maximum atomic E-state index is 12.6. The standard InChI is InChI=1S/C15H19F3N4O2S/c1-3-19-13(21-9-14(2,23)11-5-4-6-24-11)20-7-12-22-10(8-25-12)15(16,17)18/h4-6,8,23H,3,7,9H2,1-2H3,(H2,19,20,21). The minimum atomic E-state index is -4.46. The van der Waals surface area contributed by atoms with Crippen LogP contribution in [0.5, 0.6) is 0 Å². The highest BCUT2D eigenvalue weighted by Crippen LogP contribution is 2.30. The van der Waals surface area contributed by atoms with Gasteiger partial charge in [-0.15, -0.1) is 11.3 Å². The van der Waals surface area contributed by atoms with Gasteiger partial charge in [0.1, 0.15) is 16.4 Å². The zero-order chi connectivity index (χ0) is 18.5. The van der Waals surface area contributed by atoms with Crippen molar-refractivity contribution in [3.8, 4) is 0 Å². The topological polar surface area (TPSA) is 82.7 Å². The number of guanidine groups is 1. The van der Waals surface area contributed by atoms with Gasteiger partial charge in [0.25, 0.3) is 0 Å². The first-order valence-electron chi connectivity index (χ1n) is 7.52. The Labute approximate surface area is 146 Å². The van der Waals surface area contributed by atoms with E-state index in [2.05, 4.69) is 20.6 Å². The number of aliphatic hydroxyl groups is 1. The highest BCUT2D eigenvalue weighted by Gasteiger charge is 2.33. The number of halogens is 3. The third kappa shape index (κ3) is 5.46. The second kappa shape index (κ2) is 7.87. The van der Waals surface area contributed by atoms with E-state index in [9.17, 15) is 18.3 Å². The molecule has 2 aromatic rings. The maximum absolute atomic E-state index is 12.6. The van der Waals surface area contributed by atoms with Crippen LogP contribution < -0.4 is 10.6 Å². The van der Waals surface area contributed by atoms with E-state index < -0.39 is 17.5 Å². The molecule has 0 saturated carbocycles. The molecule has 0 radical (unpaired) electrons. The van der Waals surface area contributed by atoms with Crippen molar-refractivity contribution in [2.24, 2.45) is 4.99 Å². The monoisotopic (exact) mass is 376 g/mol. The lowest BCUT2D eigenvalue weighted by molar-refractivity contribution is -0.140. The predicted molar refractivity (Wildman–Crippen MR) is 88.2 cm³/mol. The second-order valence-corrected chi connectivity index (χ2v) is 6.37. The molecule has 0 amide bonds. The van der Waals surface area contributed by atoms with E-state index in [0.29, 0.717) is 18.3 Å². The molecular formula is C15H19F3N4O2S. The molecule has 0 aliphatic rings. The molecule has 0 aliphatic heterocycles. The van der Waals surface area contributed by atoms with Gasteiger partial charge in [0, 0.05) is 11.9 Å². The van der Waals surface area contributed by atoms with Crippen molar-refractivity contribution in [2.45, 2.75) is 32.2 Å². The van der Waals surface area contributed by atoms with Gasteiger partial charge in [-0.2, -0.15) is 13.2 Å². The Morgan fingerprint density at radius 1 is 1.40 bits per heavy atom. The van der Waals surface area contributed by atoms with Crippen LogP contribution in [0.15, 0.2) is 33.2 Å². The van der Waals surface area contributed by atoms with Gasteiger partial charge in [0.2, 0.25) is 0 Å². The number of alkyl halides is 3. The molecule has 0 bridgehead atoms. The number of aromatic nitrogens is 1. The summed E-state index contributed by atoms with van der Waals surface area (Å²) < 4.78 is 42.9. The van der Waals surface area contributed by atoms with Crippen LogP contribution in [0, 0.1) is 0 Å². The van der Waals surface area contributed by atoms with Crippen molar-refractivity contribution in [3.05, 3.63) is 40.2 Å². The third-order valence-corrected chi connectivity index (χ3v) is 4.04. The van der Waals surface area contributed by atoms with Crippen LogP contribution in [0.2, 0.25) is 0 Å². The van der Waals surface area contributed by atoms with Crippen molar-refractivity contribution in [1.82, 2.24) is 15.6 Å². The molecule has 1 unspecified atom stereocenters. The van der Waals surface area contributed by atoms with Gasteiger partial charge in [-0.25, -0.2) is 9.98 Å². The molecule has 138 valence electrons. The lowest BCUT2D eigenvalue weighted by Crippen LogP contribution is -2.44. The normalized spacial score (nSPS) is 15.0. The summed E-state index contributed by atoms with van der Waals surface area (Å²) in [6.07, 6.45) is -2.99. The van der Waals surface area contributed by atoms with Gasteiger partial charge in [-0.05, 0) is 26.0 Å². The molecule has 2 rings (SSSR count). The van der Waals surface area contributed by atoms with Gasteiger partial charge in [0.15, 0.2) is 11.7 Å². The summed E-state index contributed by atoms with van der Waals surface area (Å²) in [6, 6.07) is 3.32. The molecule has 0 fully saturated rings. The number of hydrogen-bond acceptors (Lipinski definition) is 5. The van der Waals surface area contributed by atoms with Gasteiger partial charge in [-0.3, -0.25) is 0 Å². The maximum Gasteiger partial charge on any atom is 0.434 e. The first-order chi connectivity index (χ1) is 11.7. The number of hydrogen-bond donors (Lipinski definition) is 3. The molecule has 25 heavy (non-hydrogen) atoms. The lowest BCUT2D eigenvalue weighted by atomic mass is 10.0. The second-order valence-electron chi connectivity index (χ2n) is 5.42. The van der Waals surface area contributed by atoms with Crippen molar-refractivity contribution in [2.75, 3.05) is 13.1 Å². The van der Waals surface area contributed by atoms with E-state index in [1.807, 2.05) is 6.92 Å². The Morgan fingerprint density at radius 3 is 2.72 bits per heavy atom. The molecule has 3 N–H and O–H groups in total. The summed E-state index contributed by atoms with van der Waals surface area (Å²) in [5.41, 5.74) is -2.17. The smallest absolute Gasteiger partial charge is 0.434 e. The minimum absolute atomic E-state index is 0.00102. The van der Waals surface area contributed by atoms with Crippen LogP contribution in [-0.2, 0) is 18.3 Å². The SMILES string of the molecule is CCNC(=NCc1nc(C(F)(F)F)cs1)NCC(C)(O)c1ccco1. The number of nitrogens with zero attached hydrogens (tertiary/aromatic N) is 2. The summed E-state index contributed by atoms with van der Waals surface area (Å²) >= 11 is 0.900. The molecule has 0 aromatic carbocycles. The minimum Gasteiger partial charge on any atom is -0.466 e. The number of thiazole rings is 1. The summed E-state index contributed by atoms with van der Waals surface area (Å²) in [5, 5.41) is 17.5. The van der Waals surface area contributed by atoms with Crippen molar-refractivity contribution < 1.29 is 22.7 Å². The Hall–Kier alpha value is -2.07. The zero-order valence-corrected chi connectivity index (χ0v) is 14.5. The molecule has 0 saturated heterocycles. The van der Waals surface area contributed by atoms with E-state index in [1.54, 1.807) is 19.1 Å².